The molecule has 0 heterocycles. The smallest absolute Gasteiger partial charge is 0.0238 e. The Labute approximate surface area is 153 Å². The van der Waals surface area contributed by atoms with Gasteiger partial charge in [0.2, 0.25) is 0 Å². The van der Waals surface area contributed by atoms with Crippen LogP contribution in [0.3, 0.4) is 0 Å². The second-order valence-corrected chi connectivity index (χ2v) is 10.4. The zero-order valence-electron chi connectivity index (χ0n) is 18.1. The average molecular weight is 335 g/mol. The molecule has 0 N–H and O–H groups in total. The maximum Gasteiger partial charge on any atom is -0.0238 e. The van der Waals surface area contributed by atoms with Crippen molar-refractivity contribution in [3.8, 4) is 0 Å². The van der Waals surface area contributed by atoms with E-state index in [1.807, 2.05) is 0 Å². The second-order valence-electron chi connectivity index (χ2n) is 10.4. The van der Waals surface area contributed by atoms with Crippen molar-refractivity contribution in [2.24, 2.45) is 52.8 Å². The van der Waals surface area contributed by atoms with E-state index in [0.29, 0.717) is 5.41 Å². The molecule has 8 unspecified atom stereocenters. The molecule has 2 saturated carbocycles. The zero-order chi connectivity index (χ0) is 18.1. The molecule has 0 heteroatoms. The fourth-order valence-corrected chi connectivity index (χ4v) is 6.93. The molecule has 8 atom stereocenters. The first-order valence-corrected chi connectivity index (χ1v) is 11.2. The van der Waals surface area contributed by atoms with E-state index in [0.717, 1.165) is 47.3 Å². The molecule has 2 fully saturated rings. The van der Waals surface area contributed by atoms with Crippen molar-refractivity contribution < 1.29 is 0 Å². The van der Waals surface area contributed by atoms with E-state index in [4.69, 9.17) is 0 Å². The zero-order valence-corrected chi connectivity index (χ0v) is 18.1. The van der Waals surface area contributed by atoms with E-state index in [2.05, 4.69) is 55.4 Å². The van der Waals surface area contributed by atoms with Crippen molar-refractivity contribution >= 4 is 0 Å². The summed E-state index contributed by atoms with van der Waals surface area (Å²) in [6, 6.07) is 0. The monoisotopic (exact) mass is 334 g/mol. The molecule has 0 aromatic heterocycles. The van der Waals surface area contributed by atoms with Gasteiger partial charge in [0.1, 0.15) is 0 Å². The number of hydrogen-bond donors (Lipinski definition) is 0. The Morgan fingerprint density at radius 2 is 1.58 bits per heavy atom. The summed E-state index contributed by atoms with van der Waals surface area (Å²) in [6.07, 6.45) is 10.2. The molecule has 142 valence electrons. The van der Waals surface area contributed by atoms with Crippen molar-refractivity contribution in [2.75, 3.05) is 0 Å². The predicted octanol–water partition coefficient (Wildman–Crippen LogP) is 7.82. The van der Waals surface area contributed by atoms with Crippen LogP contribution < -0.4 is 0 Å². The second kappa shape index (κ2) is 8.13. The first-order valence-electron chi connectivity index (χ1n) is 11.2. The van der Waals surface area contributed by atoms with Gasteiger partial charge in [-0.1, -0.05) is 74.7 Å². The minimum Gasteiger partial charge on any atom is -0.0654 e. The summed E-state index contributed by atoms with van der Waals surface area (Å²) in [7, 11) is 0. The van der Waals surface area contributed by atoms with Gasteiger partial charge in [0.25, 0.3) is 0 Å². The third kappa shape index (κ3) is 3.73. The molecular weight excluding hydrogens is 288 g/mol. The third-order valence-electron chi connectivity index (χ3n) is 8.95. The number of unbranched alkanes of at least 4 members (excludes halogenated alkanes) is 1. The van der Waals surface area contributed by atoms with Crippen LogP contribution in [-0.2, 0) is 0 Å². The highest BCUT2D eigenvalue weighted by Crippen LogP contribution is 2.62. The topological polar surface area (TPSA) is 0 Å². The van der Waals surface area contributed by atoms with E-state index in [1.165, 1.54) is 44.9 Å². The summed E-state index contributed by atoms with van der Waals surface area (Å²) in [6.45, 7) is 20.2. The molecule has 0 saturated heterocycles. The Bertz CT molecular complexity index is 383. The molecule has 1 spiro atoms. The van der Waals surface area contributed by atoms with Crippen molar-refractivity contribution in [2.45, 2.75) is 100 Å². The average Bonchev–Trinajstić information content (AvgIpc) is 2.89. The Balaban J connectivity index is 2.15. The van der Waals surface area contributed by atoms with Crippen LogP contribution in [0.15, 0.2) is 0 Å². The summed E-state index contributed by atoms with van der Waals surface area (Å²) in [5, 5.41) is 0. The Hall–Kier alpha value is 0. The van der Waals surface area contributed by atoms with E-state index in [-0.39, 0.29) is 0 Å². The van der Waals surface area contributed by atoms with Gasteiger partial charge in [-0.15, -0.1) is 0 Å². The maximum atomic E-state index is 2.65. The molecule has 2 aliphatic carbocycles. The molecule has 0 aliphatic heterocycles. The summed E-state index contributed by atoms with van der Waals surface area (Å²) in [5.41, 5.74) is 0.649. The van der Waals surface area contributed by atoms with Crippen LogP contribution in [0.25, 0.3) is 0 Å². The molecule has 0 nitrogen and oxygen atoms in total. The van der Waals surface area contributed by atoms with Crippen molar-refractivity contribution in [3.05, 3.63) is 0 Å². The summed E-state index contributed by atoms with van der Waals surface area (Å²) in [5.74, 6) is 7.39. The first-order chi connectivity index (χ1) is 11.2. The molecule has 0 aromatic carbocycles. The highest BCUT2D eigenvalue weighted by molar-refractivity contribution is 5.03. The summed E-state index contributed by atoms with van der Waals surface area (Å²) < 4.78 is 0. The quantitative estimate of drug-likeness (QED) is 0.464. The number of rotatable bonds is 6. The molecule has 0 radical (unpaired) electrons. The van der Waals surface area contributed by atoms with Crippen molar-refractivity contribution in [1.29, 1.82) is 0 Å². The van der Waals surface area contributed by atoms with E-state index in [1.54, 1.807) is 0 Å². The van der Waals surface area contributed by atoms with Gasteiger partial charge < -0.3 is 0 Å². The van der Waals surface area contributed by atoms with Crippen LogP contribution in [0.1, 0.15) is 100 Å². The Morgan fingerprint density at radius 3 is 2.12 bits per heavy atom. The van der Waals surface area contributed by atoms with Gasteiger partial charge in [-0.05, 0) is 78.4 Å². The van der Waals surface area contributed by atoms with Crippen LogP contribution in [0, 0.1) is 52.8 Å². The van der Waals surface area contributed by atoms with E-state index in [9.17, 15) is 0 Å². The predicted molar refractivity (Wildman–Crippen MR) is 108 cm³/mol. The van der Waals surface area contributed by atoms with E-state index >= 15 is 0 Å². The maximum absolute atomic E-state index is 2.65. The Kier molecular flexibility index (Phi) is 6.88. The molecular formula is C24H46. The normalized spacial score (nSPS) is 42.6. The van der Waals surface area contributed by atoms with Gasteiger partial charge in [0, 0.05) is 0 Å². The first kappa shape index (κ1) is 20.3. The van der Waals surface area contributed by atoms with Gasteiger partial charge in [0.15, 0.2) is 0 Å². The lowest BCUT2D eigenvalue weighted by atomic mass is 9.53. The largest absolute Gasteiger partial charge is 0.0654 e. The standard InChI is InChI=1S/C24H46/c1-9-10-11-17(4)20(7)22-13-12-19(6)24(21(22)8)14-18(5)23(15-24)16(2)3/h16-23H,9-15H2,1-8H3. The van der Waals surface area contributed by atoms with Crippen LogP contribution in [0.4, 0.5) is 0 Å². The Morgan fingerprint density at radius 1 is 0.917 bits per heavy atom. The lowest BCUT2D eigenvalue weighted by Gasteiger charge is -2.52. The van der Waals surface area contributed by atoms with Crippen LogP contribution in [-0.4, -0.2) is 0 Å². The fourth-order valence-electron chi connectivity index (χ4n) is 6.93. The third-order valence-corrected chi connectivity index (χ3v) is 8.95. The van der Waals surface area contributed by atoms with Crippen molar-refractivity contribution in [3.63, 3.8) is 0 Å². The minimum absolute atomic E-state index is 0.649. The molecule has 24 heavy (non-hydrogen) atoms. The molecule has 0 amide bonds. The fraction of sp³-hybridized carbons (Fsp3) is 1.00. The van der Waals surface area contributed by atoms with Gasteiger partial charge in [0.05, 0.1) is 0 Å². The lowest BCUT2D eigenvalue weighted by Crippen LogP contribution is -2.44. The summed E-state index contributed by atoms with van der Waals surface area (Å²) >= 11 is 0. The summed E-state index contributed by atoms with van der Waals surface area (Å²) in [4.78, 5) is 0. The van der Waals surface area contributed by atoms with Gasteiger partial charge in [-0.2, -0.15) is 0 Å². The molecule has 0 aromatic rings. The van der Waals surface area contributed by atoms with Crippen LogP contribution >= 0.6 is 0 Å². The highest BCUT2D eigenvalue weighted by Gasteiger charge is 2.54. The van der Waals surface area contributed by atoms with Crippen LogP contribution in [0.5, 0.6) is 0 Å². The molecule has 2 rings (SSSR count). The number of hydrogen-bond acceptors (Lipinski definition) is 0. The molecule has 2 aliphatic rings. The molecule has 0 bridgehead atoms. The van der Waals surface area contributed by atoms with Crippen LogP contribution in [0.2, 0.25) is 0 Å². The van der Waals surface area contributed by atoms with Gasteiger partial charge in [-0.25, -0.2) is 0 Å². The highest BCUT2D eigenvalue weighted by atomic mass is 14.6. The van der Waals surface area contributed by atoms with E-state index < -0.39 is 0 Å². The minimum atomic E-state index is 0.649. The lowest BCUT2D eigenvalue weighted by molar-refractivity contribution is -0.0305. The van der Waals surface area contributed by atoms with Gasteiger partial charge >= 0.3 is 0 Å². The van der Waals surface area contributed by atoms with Gasteiger partial charge in [-0.3, -0.25) is 0 Å². The SMILES string of the molecule is CCCCC(C)C(C)C1CCC(C)C2(CC(C)C(C(C)C)C2)C1C. The van der Waals surface area contributed by atoms with Crippen molar-refractivity contribution in [1.82, 2.24) is 0 Å².